The van der Waals surface area contributed by atoms with E-state index in [4.69, 9.17) is 0 Å². The first-order chi connectivity index (χ1) is 16.8. The Morgan fingerprint density at radius 3 is 2.50 bits per heavy atom. The third-order valence-corrected chi connectivity index (χ3v) is 11.4. The van der Waals surface area contributed by atoms with E-state index < -0.39 is 11.7 Å². The summed E-state index contributed by atoms with van der Waals surface area (Å²) in [5.74, 6) is 1.83. The molecule has 36 heavy (non-hydrogen) atoms. The summed E-state index contributed by atoms with van der Waals surface area (Å²) in [4.78, 5) is 0. The van der Waals surface area contributed by atoms with Crippen LogP contribution in [0.1, 0.15) is 92.1 Å². The molecule has 5 rings (SSSR count). The number of hydrogen-bond donors (Lipinski definition) is 1. The Balaban J connectivity index is 0.00000320. The van der Waals surface area contributed by atoms with Crippen LogP contribution >= 0.6 is 0 Å². The molecule has 2 fully saturated rings. The molecule has 1 N–H and O–H groups in total. The van der Waals surface area contributed by atoms with Gasteiger partial charge >= 0.3 is 7.60 Å². The molecule has 0 aliphatic heterocycles. The first-order valence-electron chi connectivity index (χ1n) is 14.0. The van der Waals surface area contributed by atoms with E-state index in [1.165, 1.54) is 25.0 Å². The molecule has 4 heteroatoms. The largest absolute Gasteiger partial charge is 1.00 e. The second-order valence-electron chi connectivity index (χ2n) is 13.5. The van der Waals surface area contributed by atoms with Crippen LogP contribution in [0.4, 0.5) is 13.2 Å². The summed E-state index contributed by atoms with van der Waals surface area (Å²) in [6, 6.07) is 6.08. The van der Waals surface area contributed by atoms with E-state index in [2.05, 4.69) is 46.8 Å². The minimum atomic E-state index is -4.29. The third kappa shape index (κ3) is 3.92. The average molecular weight is 502 g/mol. The summed E-state index contributed by atoms with van der Waals surface area (Å²) in [7, 11) is 0. The van der Waals surface area contributed by atoms with Crippen molar-refractivity contribution in [3.8, 4) is 0 Å². The van der Waals surface area contributed by atoms with Crippen molar-refractivity contribution in [1.29, 1.82) is 0 Å². The summed E-state index contributed by atoms with van der Waals surface area (Å²) in [5, 5.41) is 10.8. The zero-order valence-electron chi connectivity index (χ0n) is 23.6. The van der Waals surface area contributed by atoms with Crippen LogP contribution in [-0.4, -0.2) is 11.2 Å². The molecule has 0 amide bonds. The van der Waals surface area contributed by atoms with Gasteiger partial charge in [-0.05, 0) is 108 Å². The average Bonchev–Trinajstić information content (AvgIpc) is 3.17. The second-order valence-corrected chi connectivity index (χ2v) is 13.5. The van der Waals surface area contributed by atoms with Gasteiger partial charge in [-0.3, -0.25) is 0 Å². The lowest BCUT2D eigenvalue weighted by atomic mass is 9.46. The SMILES string of the molecule is C[C@H](CCc1ccccc1C(F)(F)F)[C@H]1CCC2=C3C=C[C@H]4C(C)(C)[C@@H](O)CC[C@]4(C)[C@H]3CC[C@@]21C.[H+]. The Kier molecular flexibility index (Phi) is 6.34. The normalized spacial score (nSPS) is 38.4. The highest BCUT2D eigenvalue weighted by molar-refractivity contribution is 5.42. The number of halogens is 3. The molecule has 0 unspecified atom stereocenters. The number of benzene rings is 1. The predicted octanol–water partition coefficient (Wildman–Crippen LogP) is 8.88. The van der Waals surface area contributed by atoms with Crippen LogP contribution in [0.5, 0.6) is 0 Å². The molecule has 0 bridgehead atoms. The number of aryl methyl sites for hydroxylation is 1. The highest BCUT2D eigenvalue weighted by Gasteiger charge is 2.58. The van der Waals surface area contributed by atoms with Crippen molar-refractivity contribution >= 4 is 0 Å². The van der Waals surface area contributed by atoms with Crippen molar-refractivity contribution in [2.45, 2.75) is 98.3 Å². The van der Waals surface area contributed by atoms with Gasteiger partial charge in [-0.2, -0.15) is 13.2 Å². The fourth-order valence-electron chi connectivity index (χ4n) is 9.25. The maximum atomic E-state index is 13.5. The van der Waals surface area contributed by atoms with E-state index in [-0.39, 0.29) is 23.8 Å². The van der Waals surface area contributed by atoms with Crippen LogP contribution in [0, 0.1) is 39.9 Å². The van der Waals surface area contributed by atoms with Gasteiger partial charge in [-0.1, -0.05) is 70.5 Å². The lowest BCUT2D eigenvalue weighted by molar-refractivity contribution is -0.138. The van der Waals surface area contributed by atoms with Crippen LogP contribution in [0.2, 0.25) is 0 Å². The molecule has 1 aromatic carbocycles. The summed E-state index contributed by atoms with van der Waals surface area (Å²) < 4.78 is 40.5. The molecule has 1 nitrogen and oxygen atoms in total. The summed E-state index contributed by atoms with van der Waals surface area (Å²) in [5.41, 5.74) is 3.36. The Hall–Kier alpha value is -1.55. The molecule has 4 aliphatic carbocycles. The van der Waals surface area contributed by atoms with Gasteiger partial charge in [0.1, 0.15) is 0 Å². The standard InChI is InChI=1S/C32H43F3O/c1-20(10-11-21-8-6-7-9-24(21)32(33,34)35)23-13-14-25-22-12-15-27-29(2,3)28(36)17-19-31(27,5)26(22)16-18-30(23,25)4/h6-9,12,15,20,23,26-28,36H,10-11,13-14,16-19H2,1-5H3/p+1/t20-,23-,26+,27+,28+,30-,31-/m1/s1. The molecule has 4 aliphatic rings. The molecule has 0 spiro atoms. The van der Waals surface area contributed by atoms with Crippen molar-refractivity contribution in [2.24, 2.45) is 39.9 Å². The maximum absolute atomic E-state index is 13.5. The smallest absolute Gasteiger partial charge is 0.393 e. The molecule has 198 valence electrons. The van der Waals surface area contributed by atoms with E-state index >= 15 is 0 Å². The Bertz CT molecular complexity index is 1070. The number of aliphatic hydroxyl groups excluding tert-OH is 1. The second kappa shape index (κ2) is 8.75. The van der Waals surface area contributed by atoms with E-state index in [9.17, 15) is 18.3 Å². The summed E-state index contributed by atoms with van der Waals surface area (Å²) in [6.07, 6.45) is 8.12. The Morgan fingerprint density at radius 2 is 1.78 bits per heavy atom. The van der Waals surface area contributed by atoms with Gasteiger partial charge in [0.25, 0.3) is 0 Å². The van der Waals surface area contributed by atoms with Crippen molar-refractivity contribution in [3.63, 3.8) is 0 Å². The van der Waals surface area contributed by atoms with E-state index in [1.807, 2.05) is 0 Å². The fraction of sp³-hybridized carbons (Fsp3) is 0.688. The third-order valence-electron chi connectivity index (χ3n) is 11.4. The highest BCUT2D eigenvalue weighted by atomic mass is 19.4. The van der Waals surface area contributed by atoms with Gasteiger partial charge in [0, 0.05) is 0 Å². The number of fused-ring (bicyclic) bond motifs is 4. The molecule has 0 radical (unpaired) electrons. The van der Waals surface area contributed by atoms with Gasteiger partial charge < -0.3 is 5.11 Å². The van der Waals surface area contributed by atoms with Crippen LogP contribution < -0.4 is 0 Å². The Morgan fingerprint density at radius 1 is 1.06 bits per heavy atom. The van der Waals surface area contributed by atoms with E-state index in [0.29, 0.717) is 35.7 Å². The monoisotopic (exact) mass is 501 g/mol. The minimum Gasteiger partial charge on any atom is -0.393 e. The molecule has 2 saturated carbocycles. The van der Waals surface area contributed by atoms with Crippen LogP contribution in [0.25, 0.3) is 0 Å². The quantitative estimate of drug-likeness (QED) is 0.437. The number of alkyl halides is 3. The fourth-order valence-corrected chi connectivity index (χ4v) is 9.25. The number of allylic oxidation sites excluding steroid dienone is 4. The summed E-state index contributed by atoms with van der Waals surface area (Å²) in [6.45, 7) is 11.7. The molecular weight excluding hydrogens is 457 g/mol. The van der Waals surface area contributed by atoms with Gasteiger partial charge in [-0.15, -0.1) is 0 Å². The molecule has 0 heterocycles. The molecule has 7 atom stereocenters. The molecule has 0 saturated heterocycles. The van der Waals surface area contributed by atoms with E-state index in [0.717, 1.165) is 32.1 Å². The highest BCUT2D eigenvalue weighted by Crippen LogP contribution is 2.66. The van der Waals surface area contributed by atoms with Crippen molar-refractivity contribution in [1.82, 2.24) is 0 Å². The first-order valence-corrected chi connectivity index (χ1v) is 14.0. The maximum Gasteiger partial charge on any atom is 1.00 e. The number of aliphatic hydroxyl groups is 1. The van der Waals surface area contributed by atoms with Crippen molar-refractivity contribution in [3.05, 3.63) is 58.7 Å². The number of rotatable bonds is 4. The molecular formula is C32H44F3O+. The molecule has 1 aromatic rings. The molecule has 0 aromatic heterocycles. The van der Waals surface area contributed by atoms with Crippen LogP contribution in [0.15, 0.2) is 47.6 Å². The van der Waals surface area contributed by atoms with Gasteiger partial charge in [0.15, 0.2) is 0 Å². The zero-order chi connectivity index (χ0) is 26.1. The Labute approximate surface area is 216 Å². The lowest BCUT2D eigenvalue weighted by Crippen LogP contribution is -2.54. The minimum absolute atomic E-state index is 0. The predicted molar refractivity (Wildman–Crippen MR) is 140 cm³/mol. The van der Waals surface area contributed by atoms with Gasteiger partial charge in [0.05, 0.1) is 11.7 Å². The zero-order valence-corrected chi connectivity index (χ0v) is 22.6. The van der Waals surface area contributed by atoms with Crippen LogP contribution in [0.3, 0.4) is 0 Å². The topological polar surface area (TPSA) is 20.2 Å². The van der Waals surface area contributed by atoms with Crippen molar-refractivity contribution in [2.75, 3.05) is 0 Å². The number of hydrogen-bond acceptors (Lipinski definition) is 1. The summed E-state index contributed by atoms with van der Waals surface area (Å²) >= 11 is 0. The van der Waals surface area contributed by atoms with Gasteiger partial charge in [0.2, 0.25) is 0 Å². The van der Waals surface area contributed by atoms with Crippen molar-refractivity contribution < 1.29 is 19.7 Å². The first kappa shape index (κ1) is 26.1. The van der Waals surface area contributed by atoms with E-state index in [1.54, 1.807) is 23.3 Å². The van der Waals surface area contributed by atoms with Crippen LogP contribution in [-0.2, 0) is 12.6 Å². The van der Waals surface area contributed by atoms with Gasteiger partial charge in [-0.25, -0.2) is 0 Å². The lowest BCUT2D eigenvalue weighted by Gasteiger charge is -2.59.